The van der Waals surface area contributed by atoms with E-state index in [1.165, 1.54) is 0 Å². The second kappa shape index (κ2) is 9.78. The molecule has 0 aliphatic carbocycles. The Morgan fingerprint density at radius 3 is 2.50 bits per heavy atom. The molecule has 1 saturated heterocycles. The van der Waals surface area contributed by atoms with Crippen molar-refractivity contribution in [3.63, 3.8) is 0 Å². The predicted molar refractivity (Wildman–Crippen MR) is 110 cm³/mol. The first-order valence-electron chi connectivity index (χ1n) is 9.65. The third-order valence-corrected chi connectivity index (χ3v) is 4.82. The highest BCUT2D eigenvalue weighted by molar-refractivity contribution is 6.04. The highest BCUT2D eigenvalue weighted by atomic mass is 16.5. The summed E-state index contributed by atoms with van der Waals surface area (Å²) in [6.45, 7) is 0.817. The number of amides is 4. The lowest BCUT2D eigenvalue weighted by molar-refractivity contribution is -0.130. The van der Waals surface area contributed by atoms with Crippen LogP contribution in [0.5, 0.6) is 11.5 Å². The van der Waals surface area contributed by atoms with Gasteiger partial charge in [-0.25, -0.2) is 4.79 Å². The molecule has 4 amide bonds. The predicted octanol–water partition coefficient (Wildman–Crippen LogP) is 2.22. The Morgan fingerprint density at radius 2 is 1.83 bits per heavy atom. The molecule has 30 heavy (non-hydrogen) atoms. The second-order valence-electron chi connectivity index (χ2n) is 7.06. The smallest absolute Gasteiger partial charge is 0.322 e. The Kier molecular flexibility index (Phi) is 6.90. The fraction of sp³-hybridized carbons (Fsp3) is 0.318. The van der Waals surface area contributed by atoms with Crippen LogP contribution in [0.4, 0.5) is 4.79 Å². The summed E-state index contributed by atoms with van der Waals surface area (Å²) < 4.78 is 11.3. The minimum Gasteiger partial charge on any atom is -0.493 e. The Balaban J connectivity index is 1.54. The maximum Gasteiger partial charge on any atom is 0.322 e. The van der Waals surface area contributed by atoms with Crippen LogP contribution >= 0.6 is 0 Å². The second-order valence-corrected chi connectivity index (χ2v) is 7.06. The molecule has 3 rings (SSSR count). The van der Waals surface area contributed by atoms with Crippen molar-refractivity contribution in [2.45, 2.75) is 32.0 Å². The van der Waals surface area contributed by atoms with E-state index in [1.807, 2.05) is 48.5 Å². The minimum atomic E-state index is -0.656. The molecule has 1 aliphatic heterocycles. The average molecular weight is 411 g/mol. The number of hydrogen-bond donors (Lipinski definition) is 2. The maximum absolute atomic E-state index is 12.4. The molecule has 2 aromatic carbocycles. The van der Waals surface area contributed by atoms with Crippen molar-refractivity contribution >= 4 is 17.8 Å². The van der Waals surface area contributed by atoms with E-state index in [0.29, 0.717) is 24.7 Å². The van der Waals surface area contributed by atoms with Crippen molar-refractivity contribution in [2.75, 3.05) is 14.2 Å². The summed E-state index contributed by atoms with van der Waals surface area (Å²) in [5.41, 5.74) is 1.95. The molecule has 1 atom stereocenters. The van der Waals surface area contributed by atoms with E-state index in [2.05, 4.69) is 10.6 Å². The SMILES string of the molecule is COc1cc(CN(C)C(=O)CC[C@@H]2NC(=O)NC2=O)ccc1OCc1ccccc1. The molecule has 1 aliphatic rings. The van der Waals surface area contributed by atoms with Crippen LogP contribution in [0.15, 0.2) is 48.5 Å². The zero-order valence-electron chi connectivity index (χ0n) is 17.0. The number of nitrogens with one attached hydrogen (secondary N) is 2. The van der Waals surface area contributed by atoms with Crippen LogP contribution in [-0.4, -0.2) is 42.9 Å². The largest absolute Gasteiger partial charge is 0.493 e. The van der Waals surface area contributed by atoms with Gasteiger partial charge in [-0.2, -0.15) is 0 Å². The van der Waals surface area contributed by atoms with Gasteiger partial charge in [-0.05, 0) is 29.7 Å². The van der Waals surface area contributed by atoms with Gasteiger partial charge in [-0.1, -0.05) is 36.4 Å². The van der Waals surface area contributed by atoms with Crippen molar-refractivity contribution in [3.8, 4) is 11.5 Å². The summed E-state index contributed by atoms with van der Waals surface area (Å²) in [4.78, 5) is 36.7. The summed E-state index contributed by atoms with van der Waals surface area (Å²) in [5, 5.41) is 4.65. The van der Waals surface area contributed by atoms with Crippen LogP contribution in [0.25, 0.3) is 0 Å². The number of carbonyl (C=O) groups excluding carboxylic acids is 3. The van der Waals surface area contributed by atoms with Crippen molar-refractivity contribution in [3.05, 3.63) is 59.7 Å². The lowest BCUT2D eigenvalue weighted by Gasteiger charge is -2.19. The molecule has 0 aromatic heterocycles. The first-order chi connectivity index (χ1) is 14.5. The molecule has 1 fully saturated rings. The Hall–Kier alpha value is -3.55. The fourth-order valence-electron chi connectivity index (χ4n) is 3.15. The number of methoxy groups -OCH3 is 1. The van der Waals surface area contributed by atoms with E-state index in [4.69, 9.17) is 9.47 Å². The molecule has 2 aromatic rings. The molecule has 1 heterocycles. The van der Waals surface area contributed by atoms with Gasteiger partial charge in [0.2, 0.25) is 5.91 Å². The summed E-state index contributed by atoms with van der Waals surface area (Å²) in [6, 6.07) is 14.2. The Labute approximate surface area is 175 Å². The van der Waals surface area contributed by atoms with Gasteiger partial charge in [0, 0.05) is 20.0 Å². The van der Waals surface area contributed by atoms with Gasteiger partial charge in [0.05, 0.1) is 7.11 Å². The van der Waals surface area contributed by atoms with Crippen LogP contribution in [0, 0.1) is 0 Å². The van der Waals surface area contributed by atoms with Crippen LogP contribution in [-0.2, 0) is 22.7 Å². The molecular formula is C22H25N3O5. The van der Waals surface area contributed by atoms with E-state index < -0.39 is 18.0 Å². The van der Waals surface area contributed by atoms with E-state index in [-0.39, 0.29) is 18.7 Å². The Bertz CT molecular complexity index is 916. The van der Waals surface area contributed by atoms with Gasteiger partial charge < -0.3 is 19.7 Å². The van der Waals surface area contributed by atoms with Gasteiger partial charge in [0.15, 0.2) is 11.5 Å². The standard InChI is InChI=1S/C22H25N3O5/c1-25(20(26)11-9-17-21(27)24-22(28)23-17)13-16-8-10-18(19(12-16)29-2)30-14-15-6-4-3-5-7-15/h3-8,10,12,17H,9,11,13-14H2,1-2H3,(H2,23,24,27,28)/t17-/m0/s1. The zero-order chi connectivity index (χ0) is 21.5. The summed E-state index contributed by atoms with van der Waals surface area (Å²) in [7, 11) is 3.27. The normalized spacial score (nSPS) is 15.3. The fourth-order valence-corrected chi connectivity index (χ4v) is 3.15. The number of rotatable bonds is 9. The van der Waals surface area contributed by atoms with Gasteiger partial charge in [0.25, 0.3) is 5.91 Å². The molecule has 0 radical (unpaired) electrons. The van der Waals surface area contributed by atoms with E-state index in [1.54, 1.807) is 19.1 Å². The summed E-state index contributed by atoms with van der Waals surface area (Å²) in [6.07, 6.45) is 0.417. The minimum absolute atomic E-state index is 0.118. The molecule has 2 N–H and O–H groups in total. The molecule has 0 spiro atoms. The number of nitrogens with zero attached hydrogens (tertiary/aromatic N) is 1. The lowest BCUT2D eigenvalue weighted by atomic mass is 10.1. The molecule has 158 valence electrons. The monoisotopic (exact) mass is 411 g/mol. The number of benzene rings is 2. The summed E-state index contributed by atoms with van der Waals surface area (Å²) >= 11 is 0. The van der Waals surface area contributed by atoms with Gasteiger partial charge in [-0.3, -0.25) is 14.9 Å². The van der Waals surface area contributed by atoms with Crippen LogP contribution in [0.2, 0.25) is 0 Å². The highest BCUT2D eigenvalue weighted by Crippen LogP contribution is 2.29. The van der Waals surface area contributed by atoms with E-state index in [0.717, 1.165) is 11.1 Å². The Morgan fingerprint density at radius 1 is 1.07 bits per heavy atom. The number of urea groups is 1. The molecule has 8 heteroatoms. The number of carbonyl (C=O) groups is 3. The van der Waals surface area contributed by atoms with Crippen molar-refractivity contribution in [2.24, 2.45) is 0 Å². The lowest BCUT2D eigenvalue weighted by Crippen LogP contribution is -2.32. The number of ether oxygens (including phenoxy) is 2. The topological polar surface area (TPSA) is 97.0 Å². The highest BCUT2D eigenvalue weighted by Gasteiger charge is 2.29. The van der Waals surface area contributed by atoms with Crippen LogP contribution < -0.4 is 20.1 Å². The third kappa shape index (κ3) is 5.50. The first kappa shape index (κ1) is 21.2. The van der Waals surface area contributed by atoms with Crippen LogP contribution in [0.1, 0.15) is 24.0 Å². The average Bonchev–Trinajstić information content (AvgIpc) is 3.08. The molecular weight excluding hydrogens is 386 g/mol. The van der Waals surface area contributed by atoms with Gasteiger partial charge in [-0.15, -0.1) is 0 Å². The van der Waals surface area contributed by atoms with Crippen molar-refractivity contribution in [1.82, 2.24) is 15.5 Å². The molecule has 0 saturated carbocycles. The summed E-state index contributed by atoms with van der Waals surface area (Å²) in [5.74, 6) is 0.704. The number of imide groups is 1. The third-order valence-electron chi connectivity index (χ3n) is 4.82. The van der Waals surface area contributed by atoms with E-state index in [9.17, 15) is 14.4 Å². The van der Waals surface area contributed by atoms with Gasteiger partial charge >= 0.3 is 6.03 Å². The first-order valence-corrected chi connectivity index (χ1v) is 9.65. The molecule has 0 unspecified atom stereocenters. The van der Waals surface area contributed by atoms with E-state index >= 15 is 0 Å². The number of hydrogen-bond acceptors (Lipinski definition) is 5. The quantitative estimate of drug-likeness (QED) is 0.617. The van der Waals surface area contributed by atoms with Gasteiger partial charge in [0.1, 0.15) is 12.6 Å². The van der Waals surface area contributed by atoms with Crippen molar-refractivity contribution in [1.29, 1.82) is 0 Å². The van der Waals surface area contributed by atoms with Crippen LogP contribution in [0.3, 0.4) is 0 Å². The van der Waals surface area contributed by atoms with Crippen molar-refractivity contribution < 1.29 is 23.9 Å². The zero-order valence-corrected chi connectivity index (χ0v) is 17.0. The molecule has 8 nitrogen and oxygen atoms in total. The molecule has 0 bridgehead atoms. The maximum atomic E-state index is 12.4.